The number of rotatable bonds is 4. The number of hydrogen-bond acceptors (Lipinski definition) is 5. The molecule has 1 atom stereocenters. The first-order valence-corrected chi connectivity index (χ1v) is 10.8. The van der Waals surface area contributed by atoms with Gasteiger partial charge in [0.1, 0.15) is 0 Å². The van der Waals surface area contributed by atoms with E-state index in [1.54, 1.807) is 24.3 Å². The maximum Gasteiger partial charge on any atom is 0.227 e. The first-order valence-electron chi connectivity index (χ1n) is 8.85. The molecule has 1 unspecified atom stereocenters. The van der Waals surface area contributed by atoms with Crippen LogP contribution in [0.25, 0.3) is 22.2 Å². The van der Waals surface area contributed by atoms with Crippen LogP contribution in [-0.4, -0.2) is 25.4 Å². The van der Waals surface area contributed by atoms with Gasteiger partial charge in [-0.1, -0.05) is 18.2 Å². The lowest BCUT2D eigenvalue weighted by Crippen LogP contribution is -2.01. The monoisotopic (exact) mass is 391 g/mol. The molecule has 6 nitrogen and oxygen atoms in total. The maximum absolute atomic E-state index is 11.8. The molecule has 0 amide bonds. The van der Waals surface area contributed by atoms with Crippen molar-refractivity contribution in [3.8, 4) is 11.3 Å². The van der Waals surface area contributed by atoms with Crippen LogP contribution in [0.2, 0.25) is 0 Å². The Bertz CT molecular complexity index is 1270. The van der Waals surface area contributed by atoms with E-state index >= 15 is 0 Å². The quantitative estimate of drug-likeness (QED) is 0.455. The number of anilines is 2. The summed E-state index contributed by atoms with van der Waals surface area (Å²) in [5.74, 6) is 0.487. The van der Waals surface area contributed by atoms with E-state index in [4.69, 9.17) is 9.76 Å². The van der Waals surface area contributed by atoms with Crippen molar-refractivity contribution in [1.29, 1.82) is 4.78 Å². The van der Waals surface area contributed by atoms with Gasteiger partial charge in [0, 0.05) is 45.2 Å². The summed E-state index contributed by atoms with van der Waals surface area (Å²) >= 11 is 0. The molecule has 0 aliphatic carbocycles. The van der Waals surface area contributed by atoms with Crippen LogP contribution >= 0.6 is 0 Å². The smallest absolute Gasteiger partial charge is 0.227 e. The van der Waals surface area contributed by atoms with Gasteiger partial charge in [-0.3, -0.25) is 0 Å². The third-order valence-electron chi connectivity index (χ3n) is 4.66. The van der Waals surface area contributed by atoms with Crippen LogP contribution in [0.1, 0.15) is 11.3 Å². The molecule has 28 heavy (non-hydrogen) atoms. The second-order valence-electron chi connectivity index (χ2n) is 6.89. The van der Waals surface area contributed by atoms with Crippen molar-refractivity contribution in [2.75, 3.05) is 11.6 Å². The number of aromatic nitrogens is 3. The Labute approximate surface area is 164 Å². The molecule has 3 N–H and O–H groups in total. The van der Waals surface area contributed by atoms with E-state index in [9.17, 15) is 4.21 Å². The maximum atomic E-state index is 11.8. The van der Waals surface area contributed by atoms with Crippen molar-refractivity contribution in [1.82, 2.24) is 15.0 Å². The van der Waals surface area contributed by atoms with Gasteiger partial charge in [-0.15, -0.1) is 0 Å². The first kappa shape index (κ1) is 18.2. The Morgan fingerprint density at radius 2 is 1.79 bits per heavy atom. The highest BCUT2D eigenvalue weighted by Gasteiger charge is 2.15. The van der Waals surface area contributed by atoms with Gasteiger partial charge >= 0.3 is 0 Å². The summed E-state index contributed by atoms with van der Waals surface area (Å²) in [5.41, 5.74) is 5.87. The molecule has 0 fully saturated rings. The van der Waals surface area contributed by atoms with Gasteiger partial charge in [-0.25, -0.2) is 19.0 Å². The molecule has 2 aromatic heterocycles. The average molecular weight is 392 g/mol. The van der Waals surface area contributed by atoms with Crippen LogP contribution in [0, 0.1) is 18.6 Å². The van der Waals surface area contributed by atoms with Gasteiger partial charge in [0.05, 0.1) is 15.4 Å². The Morgan fingerprint density at radius 1 is 1.07 bits per heavy atom. The van der Waals surface area contributed by atoms with Crippen LogP contribution < -0.4 is 5.32 Å². The molecule has 0 aliphatic rings. The highest BCUT2D eigenvalue weighted by atomic mass is 32.2. The number of fused-ring (bicyclic) bond motifs is 1. The zero-order valence-corrected chi connectivity index (χ0v) is 16.7. The van der Waals surface area contributed by atoms with Crippen molar-refractivity contribution in [2.24, 2.45) is 0 Å². The van der Waals surface area contributed by atoms with Gasteiger partial charge in [0.15, 0.2) is 0 Å². The zero-order valence-electron chi connectivity index (χ0n) is 15.9. The van der Waals surface area contributed by atoms with Gasteiger partial charge in [0.2, 0.25) is 5.95 Å². The number of aromatic amines is 1. The molecule has 0 radical (unpaired) electrons. The number of para-hydroxylation sites is 1. The lowest BCUT2D eigenvalue weighted by atomic mass is 10.0. The number of H-pyrrole nitrogens is 1. The number of nitrogens with one attached hydrogen (secondary N) is 3. The normalized spacial score (nSPS) is 13.4. The molecule has 2 heterocycles. The molecular weight excluding hydrogens is 370 g/mol. The predicted molar refractivity (Wildman–Crippen MR) is 114 cm³/mol. The first-order chi connectivity index (χ1) is 13.3. The molecule has 2 aromatic carbocycles. The van der Waals surface area contributed by atoms with Crippen molar-refractivity contribution in [3.63, 3.8) is 0 Å². The lowest BCUT2D eigenvalue weighted by molar-refractivity contribution is 0.679. The van der Waals surface area contributed by atoms with Crippen molar-refractivity contribution >= 4 is 32.3 Å². The Morgan fingerprint density at radius 3 is 2.50 bits per heavy atom. The fraction of sp³-hybridized carbons (Fsp3) is 0.143. The number of benzene rings is 2. The predicted octanol–water partition coefficient (Wildman–Crippen LogP) is 5.02. The topological polar surface area (TPSA) is 94.5 Å². The van der Waals surface area contributed by atoms with E-state index in [1.807, 2.05) is 32.2 Å². The summed E-state index contributed by atoms with van der Waals surface area (Å²) in [5, 5.41) is 4.32. The molecule has 142 valence electrons. The summed E-state index contributed by atoms with van der Waals surface area (Å²) in [7, 11) is -2.72. The van der Waals surface area contributed by atoms with Crippen molar-refractivity contribution < 1.29 is 4.21 Å². The number of nitrogens with zero attached hydrogens (tertiary/aromatic N) is 2. The SMILES string of the molecule is Cc1cnc(Nc2ccc(S(C)(=N)=O)cc2)nc1-c1c(C)[nH]c2ccccc12. The standard InChI is InChI=1S/C21H21N5OS/c1-13-12-23-21(25-15-8-10-16(11-9-15)28(3,22)27)26-20(13)19-14(2)24-18-7-5-4-6-17(18)19/h4-12,22,24H,1-3H3,(H,23,25,26). The van der Waals surface area contributed by atoms with Gasteiger partial charge in [-0.05, 0) is 49.7 Å². The Balaban J connectivity index is 1.72. The fourth-order valence-corrected chi connectivity index (χ4v) is 3.92. The summed E-state index contributed by atoms with van der Waals surface area (Å²) in [6.45, 7) is 4.05. The largest absolute Gasteiger partial charge is 0.358 e. The minimum absolute atomic E-state index is 0.487. The molecule has 0 saturated carbocycles. The van der Waals surface area contributed by atoms with E-state index < -0.39 is 9.73 Å². The summed E-state index contributed by atoms with van der Waals surface area (Å²) in [4.78, 5) is 13.1. The molecule has 7 heteroatoms. The second kappa shape index (κ2) is 6.76. The van der Waals surface area contributed by atoms with Gasteiger partial charge in [0.25, 0.3) is 0 Å². The third kappa shape index (κ3) is 3.36. The average Bonchev–Trinajstić information content (AvgIpc) is 2.99. The molecule has 0 aliphatic heterocycles. The van der Waals surface area contributed by atoms with E-state index in [2.05, 4.69) is 27.4 Å². The van der Waals surface area contributed by atoms with Crippen LogP contribution in [0.5, 0.6) is 0 Å². The fourth-order valence-electron chi connectivity index (χ4n) is 3.26. The highest BCUT2D eigenvalue weighted by Crippen LogP contribution is 2.33. The van der Waals surface area contributed by atoms with E-state index in [1.165, 1.54) is 6.26 Å². The minimum Gasteiger partial charge on any atom is -0.358 e. The van der Waals surface area contributed by atoms with Crippen molar-refractivity contribution in [2.45, 2.75) is 18.7 Å². The number of aryl methyl sites for hydroxylation is 2. The second-order valence-corrected chi connectivity index (χ2v) is 9.05. The van der Waals surface area contributed by atoms with E-state index in [0.717, 1.165) is 39.1 Å². The van der Waals surface area contributed by atoms with Crippen LogP contribution in [0.15, 0.2) is 59.6 Å². The number of hydrogen-bond donors (Lipinski definition) is 3. The summed E-state index contributed by atoms with van der Waals surface area (Å²) in [6.07, 6.45) is 3.22. The van der Waals surface area contributed by atoms with Gasteiger partial charge in [-0.2, -0.15) is 0 Å². The Hall–Kier alpha value is -3.19. The molecular formula is C21H21N5OS. The molecule has 0 bridgehead atoms. The van der Waals surface area contributed by atoms with E-state index in [-0.39, 0.29) is 0 Å². The summed E-state index contributed by atoms with van der Waals surface area (Å²) in [6, 6.07) is 15.1. The van der Waals surface area contributed by atoms with Crippen LogP contribution in [0.3, 0.4) is 0 Å². The Kier molecular flexibility index (Phi) is 4.39. The molecule has 4 rings (SSSR count). The highest BCUT2D eigenvalue weighted by molar-refractivity contribution is 7.91. The molecule has 0 saturated heterocycles. The van der Waals surface area contributed by atoms with Crippen molar-refractivity contribution in [3.05, 3.63) is 66.0 Å². The third-order valence-corrected chi connectivity index (χ3v) is 5.83. The molecule has 4 aromatic rings. The zero-order chi connectivity index (χ0) is 19.9. The van der Waals surface area contributed by atoms with Crippen LogP contribution in [-0.2, 0) is 9.73 Å². The molecule has 0 spiro atoms. The van der Waals surface area contributed by atoms with Crippen LogP contribution in [0.4, 0.5) is 11.6 Å². The summed E-state index contributed by atoms with van der Waals surface area (Å²) < 4.78 is 19.5. The lowest BCUT2D eigenvalue weighted by Gasteiger charge is -2.10. The van der Waals surface area contributed by atoms with Gasteiger partial charge < -0.3 is 10.3 Å². The minimum atomic E-state index is -2.72. The van der Waals surface area contributed by atoms with E-state index in [0.29, 0.717) is 10.8 Å².